The molecule has 86 valence electrons. The topological polar surface area (TPSA) is 20.3 Å². The van der Waals surface area contributed by atoms with E-state index in [0.29, 0.717) is 5.78 Å². The van der Waals surface area contributed by atoms with Crippen molar-refractivity contribution in [2.75, 3.05) is 6.54 Å². The van der Waals surface area contributed by atoms with Gasteiger partial charge in [-0.1, -0.05) is 27.2 Å². The highest BCUT2D eigenvalue weighted by atomic mass is 16.1. The number of nitrogens with zero attached hydrogens (tertiary/aromatic N) is 1. The largest absolute Gasteiger partial charge is 0.297 e. The van der Waals surface area contributed by atoms with Crippen LogP contribution >= 0.6 is 0 Å². The summed E-state index contributed by atoms with van der Waals surface area (Å²) < 4.78 is 0. The van der Waals surface area contributed by atoms with Crippen LogP contribution in [-0.4, -0.2) is 29.3 Å². The number of ketones is 1. The van der Waals surface area contributed by atoms with Gasteiger partial charge in [-0.25, -0.2) is 0 Å². The average molecular weight is 209 g/mol. The van der Waals surface area contributed by atoms with Crippen molar-refractivity contribution >= 4 is 5.78 Å². The maximum Gasteiger partial charge on any atom is 0.155 e. The van der Waals surface area contributed by atoms with Gasteiger partial charge in [0.25, 0.3) is 0 Å². The highest BCUT2D eigenvalue weighted by molar-refractivity contribution is 5.89. The van der Waals surface area contributed by atoms with Crippen molar-refractivity contribution in [2.24, 2.45) is 5.41 Å². The van der Waals surface area contributed by atoms with E-state index in [1.165, 1.54) is 25.7 Å². The molecule has 2 rings (SSSR count). The van der Waals surface area contributed by atoms with E-state index in [2.05, 4.69) is 4.90 Å². The molecule has 0 amide bonds. The number of carbonyl (C=O) groups excluding carboxylic acids is 1. The minimum Gasteiger partial charge on any atom is -0.297 e. The Bertz CT molecular complexity index is 250. The SMILES string of the molecule is CC(C)(C)C(=O)[C@H]1CCCN1C1CCC1. The standard InChI is InChI=1S/C13H23NO/c1-13(2,3)12(15)11-8-5-9-14(11)10-6-4-7-10/h10-11H,4-9H2,1-3H3/t11-/m1/s1. The Labute approximate surface area is 93.0 Å². The molecule has 2 heteroatoms. The van der Waals surface area contributed by atoms with Gasteiger partial charge < -0.3 is 0 Å². The molecule has 0 aromatic rings. The normalized spacial score (nSPS) is 29.1. The van der Waals surface area contributed by atoms with Gasteiger partial charge in [0.2, 0.25) is 0 Å². The van der Waals surface area contributed by atoms with Gasteiger partial charge in [0, 0.05) is 11.5 Å². The van der Waals surface area contributed by atoms with Crippen LogP contribution in [0.5, 0.6) is 0 Å². The van der Waals surface area contributed by atoms with E-state index in [9.17, 15) is 4.79 Å². The van der Waals surface area contributed by atoms with Gasteiger partial charge >= 0.3 is 0 Å². The van der Waals surface area contributed by atoms with Crippen LogP contribution in [-0.2, 0) is 4.79 Å². The third kappa shape index (κ3) is 2.10. The summed E-state index contributed by atoms with van der Waals surface area (Å²) in [6.07, 6.45) is 6.29. The van der Waals surface area contributed by atoms with Crippen molar-refractivity contribution < 1.29 is 4.79 Å². The van der Waals surface area contributed by atoms with Gasteiger partial charge in [-0.2, -0.15) is 0 Å². The number of hydrogen-bond donors (Lipinski definition) is 0. The Kier molecular flexibility index (Phi) is 2.89. The zero-order chi connectivity index (χ0) is 11.1. The van der Waals surface area contributed by atoms with Crippen LogP contribution in [0.1, 0.15) is 52.9 Å². The maximum atomic E-state index is 12.3. The fourth-order valence-corrected chi connectivity index (χ4v) is 2.73. The lowest BCUT2D eigenvalue weighted by atomic mass is 9.83. The predicted molar refractivity (Wildman–Crippen MR) is 61.8 cm³/mol. The van der Waals surface area contributed by atoms with Crippen LogP contribution in [0.25, 0.3) is 0 Å². The van der Waals surface area contributed by atoms with E-state index in [4.69, 9.17) is 0 Å². The minimum atomic E-state index is -0.170. The first-order chi connectivity index (χ1) is 7.00. The second kappa shape index (κ2) is 3.89. The van der Waals surface area contributed by atoms with Gasteiger partial charge in [-0.15, -0.1) is 0 Å². The van der Waals surface area contributed by atoms with Gasteiger partial charge in [-0.05, 0) is 32.2 Å². The maximum absolute atomic E-state index is 12.3. The molecule has 0 aromatic carbocycles. The molecule has 0 aromatic heterocycles. The number of likely N-dealkylation sites (tertiary alicyclic amines) is 1. The lowest BCUT2D eigenvalue weighted by Gasteiger charge is -2.39. The molecule has 1 atom stereocenters. The van der Waals surface area contributed by atoms with Crippen molar-refractivity contribution in [3.05, 3.63) is 0 Å². The summed E-state index contributed by atoms with van der Waals surface area (Å²) in [5, 5.41) is 0. The van der Waals surface area contributed by atoms with Crippen molar-refractivity contribution in [3.63, 3.8) is 0 Å². The summed E-state index contributed by atoms with van der Waals surface area (Å²) >= 11 is 0. The summed E-state index contributed by atoms with van der Waals surface area (Å²) in [5.41, 5.74) is -0.170. The zero-order valence-electron chi connectivity index (χ0n) is 10.3. The van der Waals surface area contributed by atoms with E-state index in [0.717, 1.165) is 19.0 Å². The molecule has 0 spiro atoms. The molecule has 2 nitrogen and oxygen atoms in total. The summed E-state index contributed by atoms with van der Waals surface area (Å²) in [5.74, 6) is 0.451. The first-order valence-corrected chi connectivity index (χ1v) is 6.30. The van der Waals surface area contributed by atoms with E-state index < -0.39 is 0 Å². The average Bonchev–Trinajstić information content (AvgIpc) is 2.46. The highest BCUT2D eigenvalue weighted by Crippen LogP contribution is 2.34. The Morgan fingerprint density at radius 3 is 2.27 bits per heavy atom. The van der Waals surface area contributed by atoms with Crippen LogP contribution in [0.3, 0.4) is 0 Å². The van der Waals surface area contributed by atoms with Crippen molar-refractivity contribution in [1.29, 1.82) is 0 Å². The first-order valence-electron chi connectivity index (χ1n) is 6.30. The van der Waals surface area contributed by atoms with E-state index in [1.54, 1.807) is 0 Å². The van der Waals surface area contributed by atoms with E-state index in [-0.39, 0.29) is 11.5 Å². The Balaban J connectivity index is 2.04. The smallest absolute Gasteiger partial charge is 0.155 e. The number of rotatable bonds is 2. The van der Waals surface area contributed by atoms with Crippen LogP contribution in [0, 0.1) is 5.41 Å². The molecule has 1 aliphatic carbocycles. The van der Waals surface area contributed by atoms with E-state index >= 15 is 0 Å². The molecule has 1 saturated heterocycles. The Hall–Kier alpha value is -0.370. The Morgan fingerprint density at radius 2 is 1.80 bits per heavy atom. The molecule has 15 heavy (non-hydrogen) atoms. The van der Waals surface area contributed by atoms with Gasteiger partial charge in [0.15, 0.2) is 5.78 Å². The summed E-state index contributed by atoms with van der Waals surface area (Å²) in [6.45, 7) is 7.29. The monoisotopic (exact) mass is 209 g/mol. The van der Waals surface area contributed by atoms with Gasteiger partial charge in [-0.3, -0.25) is 9.69 Å². The van der Waals surface area contributed by atoms with Crippen molar-refractivity contribution in [3.8, 4) is 0 Å². The lowest BCUT2D eigenvalue weighted by Crippen LogP contribution is -2.49. The quantitative estimate of drug-likeness (QED) is 0.697. The van der Waals surface area contributed by atoms with Crippen molar-refractivity contribution in [2.45, 2.75) is 65.0 Å². The van der Waals surface area contributed by atoms with Gasteiger partial charge in [0.05, 0.1) is 6.04 Å². The lowest BCUT2D eigenvalue weighted by molar-refractivity contribution is -0.132. The molecule has 0 unspecified atom stereocenters. The summed E-state index contributed by atoms with van der Waals surface area (Å²) in [6, 6.07) is 0.957. The third-order valence-electron chi connectivity index (χ3n) is 3.88. The zero-order valence-corrected chi connectivity index (χ0v) is 10.3. The number of carbonyl (C=O) groups is 1. The molecular formula is C13H23NO. The molecule has 1 heterocycles. The molecule has 1 aliphatic heterocycles. The molecule has 0 N–H and O–H groups in total. The van der Waals surface area contributed by atoms with Gasteiger partial charge in [0.1, 0.15) is 0 Å². The second-order valence-corrected chi connectivity index (χ2v) is 6.09. The van der Waals surface area contributed by atoms with Crippen LogP contribution < -0.4 is 0 Å². The predicted octanol–water partition coefficient (Wildman–Crippen LogP) is 2.62. The second-order valence-electron chi connectivity index (χ2n) is 6.09. The van der Waals surface area contributed by atoms with E-state index in [1.807, 2.05) is 20.8 Å². The van der Waals surface area contributed by atoms with Crippen LogP contribution in [0.15, 0.2) is 0 Å². The fourth-order valence-electron chi connectivity index (χ4n) is 2.73. The molecule has 2 aliphatic rings. The fraction of sp³-hybridized carbons (Fsp3) is 0.923. The number of hydrogen-bond acceptors (Lipinski definition) is 2. The molecule has 0 bridgehead atoms. The first kappa shape index (κ1) is 11.1. The molecule has 2 fully saturated rings. The molecule has 1 saturated carbocycles. The number of Topliss-reactive ketones (excluding diaryl/α,β-unsaturated/α-hetero) is 1. The third-order valence-corrected chi connectivity index (χ3v) is 3.88. The van der Waals surface area contributed by atoms with Crippen LogP contribution in [0.4, 0.5) is 0 Å². The highest BCUT2D eigenvalue weighted by Gasteiger charge is 2.40. The summed E-state index contributed by atoms with van der Waals surface area (Å²) in [4.78, 5) is 14.8. The molecular weight excluding hydrogens is 186 g/mol. The minimum absolute atomic E-state index is 0.170. The summed E-state index contributed by atoms with van der Waals surface area (Å²) in [7, 11) is 0. The Morgan fingerprint density at radius 1 is 1.13 bits per heavy atom. The van der Waals surface area contributed by atoms with Crippen LogP contribution in [0.2, 0.25) is 0 Å². The molecule has 0 radical (unpaired) electrons. The van der Waals surface area contributed by atoms with Crippen molar-refractivity contribution in [1.82, 2.24) is 4.90 Å².